The zero-order valence-electron chi connectivity index (χ0n) is 19.2. The highest BCUT2D eigenvalue weighted by Gasteiger charge is 2.19. The summed E-state index contributed by atoms with van der Waals surface area (Å²) in [5.74, 6) is 2.16. The highest BCUT2D eigenvalue weighted by atomic mass is 16.5. The van der Waals surface area contributed by atoms with Crippen molar-refractivity contribution >= 4 is 21.9 Å². The zero-order chi connectivity index (χ0) is 23.8. The molecule has 0 amide bonds. The maximum absolute atomic E-state index is 9.28. The molecule has 170 valence electrons. The molecule has 3 heterocycles. The van der Waals surface area contributed by atoms with Gasteiger partial charge >= 0.3 is 0 Å². The van der Waals surface area contributed by atoms with Crippen LogP contribution < -0.4 is 15.1 Å². The number of aromatic amines is 1. The first-order valence-electron chi connectivity index (χ1n) is 10.6. The Hall–Kier alpha value is -4.58. The second kappa shape index (κ2) is 8.41. The van der Waals surface area contributed by atoms with Gasteiger partial charge in [-0.3, -0.25) is 4.98 Å². The Bertz CT molecular complexity index is 1610. The van der Waals surface area contributed by atoms with E-state index in [-0.39, 0.29) is 0 Å². The van der Waals surface area contributed by atoms with Crippen molar-refractivity contribution in [3.8, 4) is 28.8 Å². The molecule has 9 nitrogen and oxygen atoms in total. The fraction of sp³-hybridized carbons (Fsp3) is 0.200. The maximum Gasteiger partial charge on any atom is 0.219 e. The summed E-state index contributed by atoms with van der Waals surface area (Å²) < 4.78 is 18.4. The van der Waals surface area contributed by atoms with E-state index in [2.05, 4.69) is 20.1 Å². The topological polar surface area (TPSA) is 114 Å². The first-order chi connectivity index (χ1) is 16.5. The number of nitriles is 1. The molecule has 0 aliphatic heterocycles. The highest BCUT2D eigenvalue weighted by Crippen LogP contribution is 2.38. The van der Waals surface area contributed by atoms with Gasteiger partial charge in [0, 0.05) is 10.9 Å². The molecule has 0 saturated heterocycles. The minimum atomic E-state index is 0.441. The van der Waals surface area contributed by atoms with E-state index in [1.807, 2.05) is 61.0 Å². The summed E-state index contributed by atoms with van der Waals surface area (Å²) in [5, 5.41) is 14.2. The molecule has 0 radical (unpaired) electrons. The molecule has 0 saturated carbocycles. The lowest BCUT2D eigenvalue weighted by molar-refractivity contribution is 0.393. The average Bonchev–Trinajstić information content (AvgIpc) is 3.37. The van der Waals surface area contributed by atoms with Crippen molar-refractivity contribution in [1.29, 1.82) is 5.26 Å². The summed E-state index contributed by atoms with van der Waals surface area (Å²) in [4.78, 5) is 11.9. The molecule has 0 aliphatic rings. The number of nitrogens with one attached hydrogen (secondary N) is 1. The van der Waals surface area contributed by atoms with E-state index in [1.165, 1.54) is 0 Å². The molecule has 0 unspecified atom stereocenters. The van der Waals surface area contributed by atoms with Crippen molar-refractivity contribution in [2.24, 2.45) is 4.99 Å². The van der Waals surface area contributed by atoms with Gasteiger partial charge in [-0.25, -0.2) is 0 Å². The summed E-state index contributed by atoms with van der Waals surface area (Å²) in [6.07, 6.45) is 3.64. The molecule has 9 heteroatoms. The van der Waals surface area contributed by atoms with E-state index in [9.17, 15) is 5.26 Å². The summed E-state index contributed by atoms with van der Waals surface area (Å²) in [6.45, 7) is 4.27. The van der Waals surface area contributed by atoms with Gasteiger partial charge in [-0.15, -0.1) is 4.99 Å². The predicted molar refractivity (Wildman–Crippen MR) is 126 cm³/mol. The van der Waals surface area contributed by atoms with Crippen LogP contribution in [-0.4, -0.2) is 33.9 Å². The summed E-state index contributed by atoms with van der Waals surface area (Å²) in [6, 6.07) is 11.7. The minimum absolute atomic E-state index is 0.441. The quantitative estimate of drug-likeness (QED) is 0.397. The van der Waals surface area contributed by atoms with Crippen LogP contribution in [0.2, 0.25) is 0 Å². The van der Waals surface area contributed by atoms with Crippen molar-refractivity contribution in [1.82, 2.24) is 19.7 Å². The third-order valence-electron chi connectivity index (χ3n) is 5.89. The van der Waals surface area contributed by atoms with Gasteiger partial charge in [0.05, 0.1) is 54.8 Å². The largest absolute Gasteiger partial charge is 0.497 e. The number of H-pyrrole nitrogens is 1. The number of fused-ring (bicyclic) bond motifs is 3. The monoisotopic (exact) mass is 454 g/mol. The van der Waals surface area contributed by atoms with Crippen molar-refractivity contribution in [3.05, 3.63) is 65.2 Å². The molecule has 1 N–H and O–H groups in total. The van der Waals surface area contributed by atoms with Crippen LogP contribution in [-0.2, 0) is 6.54 Å². The molecule has 34 heavy (non-hydrogen) atoms. The van der Waals surface area contributed by atoms with E-state index in [4.69, 9.17) is 14.0 Å². The predicted octanol–water partition coefficient (Wildman–Crippen LogP) is 4.24. The second-order valence-electron chi connectivity index (χ2n) is 7.88. The van der Waals surface area contributed by atoms with Crippen LogP contribution in [0.1, 0.15) is 17.0 Å². The molecule has 5 rings (SSSR count). The number of benzene rings is 2. The molecule has 3 aromatic heterocycles. The number of aryl methyl sites for hydroxylation is 2. The summed E-state index contributed by atoms with van der Waals surface area (Å²) in [5.41, 5.74) is 6.41. The Balaban J connectivity index is 1.77. The van der Waals surface area contributed by atoms with Gasteiger partial charge in [0.25, 0.3) is 0 Å². The normalized spacial score (nSPS) is 11.8. The average molecular weight is 454 g/mol. The number of aromatic nitrogens is 4. The number of nitrogens with zero attached hydrogens (tertiary/aromatic N) is 5. The van der Waals surface area contributed by atoms with Gasteiger partial charge in [-0.2, -0.15) is 5.26 Å². The van der Waals surface area contributed by atoms with Crippen molar-refractivity contribution in [3.63, 3.8) is 0 Å². The fourth-order valence-electron chi connectivity index (χ4n) is 4.32. The first-order valence-corrected chi connectivity index (χ1v) is 10.6. The van der Waals surface area contributed by atoms with Crippen molar-refractivity contribution in [2.45, 2.75) is 20.4 Å². The van der Waals surface area contributed by atoms with Gasteiger partial charge in [0.2, 0.25) is 11.8 Å². The van der Waals surface area contributed by atoms with E-state index >= 15 is 0 Å². The van der Waals surface area contributed by atoms with Crippen LogP contribution in [0.15, 0.2) is 52.1 Å². The Morgan fingerprint density at radius 1 is 1.15 bits per heavy atom. The number of methoxy groups -OCH3 is 2. The molecule has 0 spiro atoms. The number of ether oxygens (including phenoxy) is 2. The molecular weight excluding hydrogens is 432 g/mol. The fourth-order valence-corrected chi connectivity index (χ4v) is 4.32. The molecule has 0 atom stereocenters. The van der Waals surface area contributed by atoms with E-state index in [0.29, 0.717) is 23.7 Å². The SMILES string of the molecule is COc1ccc(Cn2c(=NC#N)[nH]c3cnc4cc(-c5c(C)noc5C)c(OC)cc4c32)cc1. The second-order valence-corrected chi connectivity index (χ2v) is 7.88. The first kappa shape index (κ1) is 21.3. The van der Waals surface area contributed by atoms with Crippen LogP contribution in [0.4, 0.5) is 0 Å². The van der Waals surface area contributed by atoms with Gasteiger partial charge in [-0.1, -0.05) is 17.3 Å². The molecular formula is C25H22N6O3. The van der Waals surface area contributed by atoms with Crippen molar-refractivity contribution in [2.75, 3.05) is 14.2 Å². The summed E-state index contributed by atoms with van der Waals surface area (Å²) >= 11 is 0. The van der Waals surface area contributed by atoms with E-state index in [1.54, 1.807) is 20.4 Å². The Kier molecular flexibility index (Phi) is 5.26. The minimum Gasteiger partial charge on any atom is -0.497 e. The van der Waals surface area contributed by atoms with Gasteiger partial charge in [0.1, 0.15) is 17.3 Å². The standard InChI is InChI=1S/C25H22N6O3/c1-14-23(15(2)34-30-14)19-9-20-18(10-22(19)33-4)24-21(11-27-20)29-25(28-13-26)31(24)12-16-5-7-17(32-3)8-6-16/h5-11H,12H2,1-4H3,(H,28,29). The smallest absolute Gasteiger partial charge is 0.219 e. The number of hydrogen-bond acceptors (Lipinski definition) is 7. The maximum atomic E-state index is 9.28. The number of imidazole rings is 1. The van der Waals surface area contributed by atoms with E-state index < -0.39 is 0 Å². The van der Waals surface area contributed by atoms with Crippen LogP contribution in [0.25, 0.3) is 33.1 Å². The molecule has 2 aromatic carbocycles. The van der Waals surface area contributed by atoms with Gasteiger partial charge < -0.3 is 23.5 Å². The lowest BCUT2D eigenvalue weighted by atomic mass is 10.0. The third kappa shape index (κ3) is 3.46. The lowest BCUT2D eigenvalue weighted by Gasteiger charge is -2.12. The lowest BCUT2D eigenvalue weighted by Crippen LogP contribution is -2.19. The molecule has 0 bridgehead atoms. The Morgan fingerprint density at radius 3 is 2.59 bits per heavy atom. The van der Waals surface area contributed by atoms with E-state index in [0.717, 1.165) is 50.1 Å². The summed E-state index contributed by atoms with van der Waals surface area (Å²) in [7, 11) is 3.27. The van der Waals surface area contributed by atoms with Crippen LogP contribution >= 0.6 is 0 Å². The third-order valence-corrected chi connectivity index (χ3v) is 5.89. The molecule has 0 aliphatic carbocycles. The molecule has 0 fully saturated rings. The number of pyridine rings is 1. The van der Waals surface area contributed by atoms with Gasteiger partial charge in [0.15, 0.2) is 0 Å². The van der Waals surface area contributed by atoms with Crippen LogP contribution in [0.5, 0.6) is 11.5 Å². The zero-order valence-corrected chi connectivity index (χ0v) is 19.2. The molecule has 5 aromatic rings. The Labute approximate surface area is 194 Å². The van der Waals surface area contributed by atoms with Crippen LogP contribution in [0.3, 0.4) is 0 Å². The number of rotatable bonds is 5. The van der Waals surface area contributed by atoms with Gasteiger partial charge in [-0.05, 0) is 43.7 Å². The highest BCUT2D eigenvalue weighted by molar-refractivity contribution is 6.04. The van der Waals surface area contributed by atoms with Crippen molar-refractivity contribution < 1.29 is 14.0 Å². The Morgan fingerprint density at radius 2 is 1.94 bits per heavy atom. The number of hydrogen-bond donors (Lipinski definition) is 1. The van der Waals surface area contributed by atoms with Crippen LogP contribution in [0, 0.1) is 25.3 Å².